The van der Waals surface area contributed by atoms with Gasteiger partial charge in [-0.15, -0.1) is 0 Å². The Morgan fingerprint density at radius 2 is 1.83 bits per heavy atom. The highest BCUT2D eigenvalue weighted by Crippen LogP contribution is 2.49. The van der Waals surface area contributed by atoms with Crippen LogP contribution in [0.2, 0.25) is 0 Å². The Morgan fingerprint density at radius 1 is 1.15 bits per heavy atom. The van der Waals surface area contributed by atoms with Gasteiger partial charge in [0.2, 0.25) is 5.91 Å². The largest absolute Gasteiger partial charge is 0.399 e. The van der Waals surface area contributed by atoms with Crippen molar-refractivity contribution in [3.8, 4) is 6.07 Å². The summed E-state index contributed by atoms with van der Waals surface area (Å²) in [6.45, 7) is 11.4. The van der Waals surface area contributed by atoms with Gasteiger partial charge in [-0.2, -0.15) is 10.4 Å². The minimum atomic E-state index is -0.699. The van der Waals surface area contributed by atoms with E-state index < -0.39 is 11.3 Å². The Kier molecular flexibility index (Phi) is 6.66. The molecule has 4 atom stereocenters. The SMILES string of the molecule is C=C(N)c1ccc2c(c1)CCc1cc(C(N)=O)ccc1C2(CCNCC(=C)N1C(C#N)C[C@@H]2C[C@@H]21)c1n[nH]c(C)n1. The molecule has 0 radical (unpaired) electrons. The Hall–Kier alpha value is -4.42. The maximum atomic E-state index is 12.1. The number of carbonyl (C=O) groups is 1. The van der Waals surface area contributed by atoms with Gasteiger partial charge >= 0.3 is 0 Å². The van der Waals surface area contributed by atoms with E-state index in [4.69, 9.17) is 21.5 Å². The minimum Gasteiger partial charge on any atom is -0.399 e. The Balaban J connectivity index is 1.39. The number of hydrogen-bond donors (Lipinski definition) is 4. The quantitative estimate of drug-likeness (QED) is 0.300. The van der Waals surface area contributed by atoms with Gasteiger partial charge in [0.05, 0.1) is 11.5 Å². The number of piperidine rings is 1. The second-order valence-electron chi connectivity index (χ2n) is 11.6. The highest BCUT2D eigenvalue weighted by molar-refractivity contribution is 5.93. The van der Waals surface area contributed by atoms with E-state index in [-0.39, 0.29) is 6.04 Å². The maximum absolute atomic E-state index is 12.1. The summed E-state index contributed by atoms with van der Waals surface area (Å²) < 4.78 is 0. The third kappa shape index (κ3) is 4.58. The van der Waals surface area contributed by atoms with Crippen molar-refractivity contribution in [2.45, 2.75) is 56.5 Å². The van der Waals surface area contributed by atoms with E-state index in [1.54, 1.807) is 6.07 Å². The molecule has 3 aliphatic rings. The molecule has 2 fully saturated rings. The molecule has 2 unspecified atom stereocenters. The van der Waals surface area contributed by atoms with Crippen LogP contribution >= 0.6 is 0 Å². The fourth-order valence-electron chi connectivity index (χ4n) is 6.98. The van der Waals surface area contributed by atoms with Crippen LogP contribution in [0.15, 0.2) is 55.3 Å². The van der Waals surface area contributed by atoms with Gasteiger partial charge < -0.3 is 21.7 Å². The van der Waals surface area contributed by atoms with Gasteiger partial charge in [0.25, 0.3) is 0 Å². The Labute approximate surface area is 240 Å². The number of primary amides is 1. The van der Waals surface area contributed by atoms with Crippen molar-refractivity contribution in [3.63, 3.8) is 0 Å². The van der Waals surface area contributed by atoms with Crippen LogP contribution < -0.4 is 16.8 Å². The zero-order valence-corrected chi connectivity index (χ0v) is 23.4. The van der Waals surface area contributed by atoms with Gasteiger partial charge in [0.15, 0.2) is 5.82 Å². The van der Waals surface area contributed by atoms with Gasteiger partial charge in [-0.1, -0.05) is 31.4 Å². The third-order valence-electron chi connectivity index (χ3n) is 9.05. The Bertz CT molecular complexity index is 1530. The molecule has 41 heavy (non-hydrogen) atoms. The van der Waals surface area contributed by atoms with E-state index in [2.05, 4.69) is 46.7 Å². The molecular formula is C32H36N8O. The number of hydrogen-bond acceptors (Lipinski definition) is 7. The number of rotatable bonds is 9. The first-order valence-corrected chi connectivity index (χ1v) is 14.2. The standard InChI is InChI=1S/C32H36N8O/c1-18(40-26(16-33)14-25-15-29(25)40)17-36-11-10-32(31-37-20(3)38-39-31)27-8-6-21(19(2)34)12-22(27)4-5-23-13-24(30(35)41)7-9-28(23)32/h6-9,12-13,25-26,29,36H,1-2,4-5,10-11,14-15,17,34H2,3H3,(H2,35,41)(H,37,38,39)/t25-,26?,29+,32?/m1/s1. The number of nitrogens with two attached hydrogens (primary N) is 2. The van der Waals surface area contributed by atoms with Gasteiger partial charge in [-0.05, 0) is 97.5 Å². The van der Waals surface area contributed by atoms with Gasteiger partial charge in [-0.25, -0.2) is 4.98 Å². The summed E-state index contributed by atoms with van der Waals surface area (Å²) in [5, 5.41) is 21.0. The topological polar surface area (TPSA) is 150 Å². The molecule has 210 valence electrons. The maximum Gasteiger partial charge on any atom is 0.248 e. The number of benzene rings is 2. The van der Waals surface area contributed by atoms with Crippen LogP contribution in [0, 0.1) is 24.2 Å². The van der Waals surface area contributed by atoms with Crippen LogP contribution in [-0.2, 0) is 18.3 Å². The highest BCUT2D eigenvalue weighted by atomic mass is 16.1. The second-order valence-corrected chi connectivity index (χ2v) is 11.6. The fraction of sp³-hybridized carbons (Fsp3) is 0.375. The molecule has 9 nitrogen and oxygen atoms in total. The van der Waals surface area contributed by atoms with Crippen LogP contribution in [0.4, 0.5) is 0 Å². The highest BCUT2D eigenvalue weighted by Gasteiger charge is 2.52. The first-order chi connectivity index (χ1) is 19.7. The smallest absolute Gasteiger partial charge is 0.248 e. The number of amides is 1. The lowest BCUT2D eigenvalue weighted by molar-refractivity contribution is 0.1000. The number of aromatic nitrogens is 3. The van der Waals surface area contributed by atoms with Crippen molar-refractivity contribution in [1.29, 1.82) is 5.26 Å². The van der Waals surface area contributed by atoms with Gasteiger partial charge in [-0.3, -0.25) is 9.89 Å². The van der Waals surface area contributed by atoms with E-state index in [1.807, 2.05) is 25.1 Å². The molecule has 2 aromatic carbocycles. The zero-order valence-electron chi connectivity index (χ0n) is 23.4. The summed E-state index contributed by atoms with van der Waals surface area (Å²) >= 11 is 0. The van der Waals surface area contributed by atoms with Gasteiger partial charge in [0.1, 0.15) is 11.9 Å². The number of aryl methyl sites for hydroxylation is 3. The predicted molar refractivity (Wildman–Crippen MR) is 157 cm³/mol. The summed E-state index contributed by atoms with van der Waals surface area (Å²) in [5.74, 6) is 1.58. The van der Waals surface area contributed by atoms with Crippen molar-refractivity contribution in [2.75, 3.05) is 13.1 Å². The number of nitrogens with zero attached hydrogens (tertiary/aromatic N) is 4. The second kappa shape index (κ2) is 10.2. The van der Waals surface area contributed by atoms with E-state index in [0.717, 1.165) is 65.0 Å². The van der Waals surface area contributed by atoms with E-state index in [1.165, 1.54) is 0 Å². The summed E-state index contributed by atoms with van der Waals surface area (Å²) in [5.41, 5.74) is 18.3. The molecule has 2 aliphatic carbocycles. The first-order valence-electron chi connectivity index (χ1n) is 14.2. The molecule has 1 amide bonds. The molecule has 2 heterocycles. The van der Waals surface area contributed by atoms with E-state index in [0.29, 0.717) is 48.6 Å². The molecule has 0 spiro atoms. The third-order valence-corrected chi connectivity index (χ3v) is 9.05. The van der Waals surface area contributed by atoms with E-state index in [9.17, 15) is 10.1 Å². The number of aromatic amines is 1. The number of likely N-dealkylation sites (tertiary alicyclic amines) is 1. The van der Waals surface area contributed by atoms with Crippen molar-refractivity contribution in [3.05, 3.63) is 100 Å². The summed E-state index contributed by atoms with van der Waals surface area (Å²) in [6.07, 6.45) is 4.23. The fourth-order valence-corrected chi connectivity index (χ4v) is 6.98. The van der Waals surface area contributed by atoms with Gasteiger partial charge in [0, 0.05) is 29.5 Å². The first kappa shape index (κ1) is 26.8. The number of H-pyrrole nitrogens is 1. The Morgan fingerprint density at radius 3 is 2.44 bits per heavy atom. The molecule has 9 heteroatoms. The minimum absolute atomic E-state index is 0.0813. The zero-order chi connectivity index (χ0) is 28.9. The molecule has 6 N–H and O–H groups in total. The molecule has 1 saturated heterocycles. The predicted octanol–water partition coefficient (Wildman–Crippen LogP) is 3.05. The van der Waals surface area contributed by atoms with Crippen LogP contribution in [-0.4, -0.2) is 51.2 Å². The molecule has 0 bridgehead atoms. The average molecular weight is 549 g/mol. The normalized spacial score (nSPS) is 24.0. The molecule has 1 saturated carbocycles. The van der Waals surface area contributed by atoms with E-state index >= 15 is 0 Å². The van der Waals surface area contributed by atoms with Crippen molar-refractivity contribution in [2.24, 2.45) is 17.4 Å². The summed E-state index contributed by atoms with van der Waals surface area (Å²) in [7, 11) is 0. The van der Waals surface area contributed by atoms with Crippen molar-refractivity contribution in [1.82, 2.24) is 25.4 Å². The number of nitrogens with one attached hydrogen (secondary N) is 2. The molecular weight excluding hydrogens is 512 g/mol. The lowest BCUT2D eigenvalue weighted by Crippen LogP contribution is -2.38. The number of nitriles is 1. The molecule has 1 aromatic heterocycles. The monoisotopic (exact) mass is 548 g/mol. The van der Waals surface area contributed by atoms with Crippen LogP contribution in [0.5, 0.6) is 0 Å². The molecule has 3 aromatic rings. The summed E-state index contributed by atoms with van der Waals surface area (Å²) in [4.78, 5) is 19.2. The molecule has 6 rings (SSSR count). The lowest BCUT2D eigenvalue weighted by Gasteiger charge is -2.35. The summed E-state index contributed by atoms with van der Waals surface area (Å²) in [6, 6.07) is 14.8. The number of carbonyl (C=O) groups excluding carboxylic acids is 1. The van der Waals surface area contributed by atoms with Crippen LogP contribution in [0.25, 0.3) is 5.70 Å². The average Bonchev–Trinajstić information content (AvgIpc) is 3.45. The van der Waals surface area contributed by atoms with Crippen molar-refractivity contribution >= 4 is 11.6 Å². The molecule has 1 aliphatic heterocycles. The van der Waals surface area contributed by atoms with Crippen LogP contribution in [0.1, 0.15) is 69.1 Å². The van der Waals surface area contributed by atoms with Crippen LogP contribution in [0.3, 0.4) is 0 Å². The lowest BCUT2D eigenvalue weighted by atomic mass is 9.69. The van der Waals surface area contributed by atoms with Crippen molar-refractivity contribution < 1.29 is 4.79 Å². The number of fused-ring (bicyclic) bond motifs is 3.